The van der Waals surface area contributed by atoms with Gasteiger partial charge in [-0.3, -0.25) is 4.79 Å². The molecule has 0 spiro atoms. The van der Waals surface area contributed by atoms with Crippen molar-refractivity contribution in [3.05, 3.63) is 41.2 Å². The van der Waals surface area contributed by atoms with Crippen molar-refractivity contribution in [2.75, 3.05) is 11.4 Å². The number of carbonyl (C=O) groups is 2. The molecule has 19 heavy (non-hydrogen) atoms. The van der Waals surface area contributed by atoms with Gasteiger partial charge >= 0.3 is 5.97 Å². The zero-order chi connectivity index (χ0) is 13.4. The van der Waals surface area contributed by atoms with Gasteiger partial charge < -0.3 is 10.0 Å². The molecule has 0 fully saturated rings. The summed E-state index contributed by atoms with van der Waals surface area (Å²) in [4.78, 5) is 24.7. The number of aromatic nitrogens is 3. The zero-order valence-electron chi connectivity index (χ0n) is 9.83. The van der Waals surface area contributed by atoms with Crippen LogP contribution in [0.5, 0.6) is 0 Å². The highest BCUT2D eigenvalue weighted by molar-refractivity contribution is 6.06. The fourth-order valence-electron chi connectivity index (χ4n) is 2.17. The van der Waals surface area contributed by atoms with Gasteiger partial charge in [-0.1, -0.05) is 6.07 Å². The molecule has 0 aliphatic carbocycles. The van der Waals surface area contributed by atoms with Gasteiger partial charge in [0.1, 0.15) is 0 Å². The molecule has 0 unspecified atom stereocenters. The minimum atomic E-state index is -1.01. The van der Waals surface area contributed by atoms with Crippen LogP contribution in [0.2, 0.25) is 0 Å². The minimum absolute atomic E-state index is 0.165. The Bertz CT molecular complexity index is 651. The topological polar surface area (TPSA) is 99.2 Å². The Hall–Kier alpha value is -2.70. The molecule has 1 aromatic carbocycles. The van der Waals surface area contributed by atoms with Crippen LogP contribution in [0.3, 0.4) is 0 Å². The van der Waals surface area contributed by atoms with Crippen LogP contribution in [0.4, 0.5) is 5.69 Å². The number of fused-ring (bicyclic) bond motifs is 1. The molecule has 7 heteroatoms. The molecule has 0 radical (unpaired) electrons. The number of anilines is 1. The lowest BCUT2D eigenvalue weighted by atomic mass is 10.1. The molecule has 0 bridgehead atoms. The number of benzene rings is 1. The number of rotatable bonds is 2. The Kier molecular flexibility index (Phi) is 2.52. The van der Waals surface area contributed by atoms with E-state index in [1.54, 1.807) is 12.1 Å². The third kappa shape index (κ3) is 1.85. The average Bonchev–Trinajstić information content (AvgIpc) is 3.06. The van der Waals surface area contributed by atoms with Gasteiger partial charge in [0.15, 0.2) is 5.69 Å². The van der Waals surface area contributed by atoms with Crippen molar-refractivity contribution in [2.24, 2.45) is 0 Å². The molecule has 0 saturated heterocycles. The number of aromatic amines is 1. The Morgan fingerprint density at radius 2 is 2.21 bits per heavy atom. The summed E-state index contributed by atoms with van der Waals surface area (Å²) in [7, 11) is 0. The largest absolute Gasteiger partial charge is 0.478 e. The molecular formula is C12H10N4O3. The maximum Gasteiger partial charge on any atom is 0.335 e. The first-order valence-corrected chi connectivity index (χ1v) is 5.70. The monoisotopic (exact) mass is 258 g/mol. The Morgan fingerprint density at radius 1 is 1.37 bits per heavy atom. The van der Waals surface area contributed by atoms with E-state index in [-0.39, 0.29) is 17.2 Å². The summed E-state index contributed by atoms with van der Waals surface area (Å²) in [5, 5.41) is 18.7. The number of nitrogens with zero attached hydrogens (tertiary/aromatic N) is 3. The van der Waals surface area contributed by atoms with Crippen molar-refractivity contribution < 1.29 is 14.7 Å². The Balaban J connectivity index is 1.99. The highest BCUT2D eigenvalue weighted by Crippen LogP contribution is 2.30. The van der Waals surface area contributed by atoms with E-state index < -0.39 is 5.97 Å². The van der Waals surface area contributed by atoms with Crippen LogP contribution in [0.1, 0.15) is 26.4 Å². The third-order valence-electron chi connectivity index (χ3n) is 3.11. The van der Waals surface area contributed by atoms with Crippen LogP contribution in [0, 0.1) is 0 Å². The lowest BCUT2D eigenvalue weighted by Crippen LogP contribution is -2.29. The van der Waals surface area contributed by atoms with E-state index in [9.17, 15) is 9.59 Å². The van der Waals surface area contributed by atoms with E-state index in [0.29, 0.717) is 18.7 Å². The van der Waals surface area contributed by atoms with E-state index in [2.05, 4.69) is 15.4 Å². The molecule has 3 rings (SSSR count). The predicted molar refractivity (Wildman–Crippen MR) is 65.2 cm³/mol. The molecule has 2 heterocycles. The van der Waals surface area contributed by atoms with Gasteiger partial charge in [-0.2, -0.15) is 15.4 Å². The molecule has 2 aromatic rings. The number of H-pyrrole nitrogens is 1. The highest BCUT2D eigenvalue weighted by atomic mass is 16.4. The first kappa shape index (κ1) is 11.4. The molecule has 7 nitrogen and oxygen atoms in total. The third-order valence-corrected chi connectivity index (χ3v) is 3.11. The van der Waals surface area contributed by atoms with Crippen molar-refractivity contribution in [1.82, 2.24) is 15.4 Å². The summed E-state index contributed by atoms with van der Waals surface area (Å²) in [5.41, 5.74) is 1.97. The number of hydrogen-bond acceptors (Lipinski definition) is 4. The molecule has 1 amide bonds. The van der Waals surface area contributed by atoms with Crippen molar-refractivity contribution in [3.63, 3.8) is 0 Å². The maximum atomic E-state index is 12.2. The summed E-state index contributed by atoms with van der Waals surface area (Å²) < 4.78 is 0. The Labute approximate surface area is 107 Å². The van der Waals surface area contributed by atoms with Gasteiger partial charge in [-0.05, 0) is 24.1 Å². The summed E-state index contributed by atoms with van der Waals surface area (Å²) in [6.45, 7) is 0.518. The van der Waals surface area contributed by atoms with Crippen LogP contribution in [-0.4, -0.2) is 38.9 Å². The van der Waals surface area contributed by atoms with Gasteiger partial charge in [0.2, 0.25) is 0 Å². The molecule has 0 saturated carbocycles. The van der Waals surface area contributed by atoms with E-state index in [0.717, 1.165) is 5.56 Å². The molecule has 1 aliphatic rings. The number of carboxylic acids is 1. The SMILES string of the molecule is O=C(O)c1ccc2c(c1)N(C(=O)c1cn[nH]n1)CC2. The summed E-state index contributed by atoms with van der Waals surface area (Å²) in [6, 6.07) is 4.81. The highest BCUT2D eigenvalue weighted by Gasteiger charge is 2.27. The van der Waals surface area contributed by atoms with E-state index >= 15 is 0 Å². The number of nitrogens with one attached hydrogen (secondary N) is 1. The molecular weight excluding hydrogens is 248 g/mol. The maximum absolute atomic E-state index is 12.2. The summed E-state index contributed by atoms with van der Waals surface area (Å²) >= 11 is 0. The lowest BCUT2D eigenvalue weighted by Gasteiger charge is -2.15. The van der Waals surface area contributed by atoms with Gasteiger partial charge in [-0.15, -0.1) is 0 Å². The number of hydrogen-bond donors (Lipinski definition) is 2. The van der Waals surface area contributed by atoms with Crippen LogP contribution >= 0.6 is 0 Å². The number of aromatic carboxylic acids is 1. The second kappa shape index (κ2) is 4.20. The van der Waals surface area contributed by atoms with Crippen LogP contribution in [-0.2, 0) is 6.42 Å². The Morgan fingerprint density at radius 3 is 2.89 bits per heavy atom. The van der Waals surface area contributed by atoms with Gasteiger partial charge in [0, 0.05) is 12.2 Å². The molecule has 2 N–H and O–H groups in total. The zero-order valence-corrected chi connectivity index (χ0v) is 9.83. The lowest BCUT2D eigenvalue weighted by molar-refractivity contribution is 0.0696. The number of carboxylic acid groups (broad SMARTS) is 1. The average molecular weight is 258 g/mol. The molecule has 1 aliphatic heterocycles. The summed E-state index contributed by atoms with van der Waals surface area (Å²) in [6.07, 6.45) is 2.06. The second-order valence-electron chi connectivity index (χ2n) is 4.21. The molecule has 0 atom stereocenters. The number of amides is 1. The molecule has 1 aromatic heterocycles. The fourth-order valence-corrected chi connectivity index (χ4v) is 2.17. The first-order chi connectivity index (χ1) is 9.16. The van der Waals surface area contributed by atoms with Crippen molar-refractivity contribution in [2.45, 2.75) is 6.42 Å². The van der Waals surface area contributed by atoms with Crippen molar-refractivity contribution >= 4 is 17.6 Å². The second-order valence-corrected chi connectivity index (χ2v) is 4.21. The minimum Gasteiger partial charge on any atom is -0.478 e. The fraction of sp³-hybridized carbons (Fsp3) is 0.167. The van der Waals surface area contributed by atoms with Crippen molar-refractivity contribution in [1.29, 1.82) is 0 Å². The quantitative estimate of drug-likeness (QED) is 0.826. The van der Waals surface area contributed by atoms with Gasteiger partial charge in [0.25, 0.3) is 5.91 Å². The standard InChI is InChI=1S/C12H10N4O3/c17-11(9-6-13-15-14-9)16-4-3-7-1-2-8(12(18)19)5-10(7)16/h1-2,5-6H,3-4H2,(H,18,19)(H,13,14,15). The van der Waals surface area contributed by atoms with Gasteiger partial charge in [-0.25, -0.2) is 4.79 Å². The molecule has 96 valence electrons. The predicted octanol–water partition coefficient (Wildman–Crippen LogP) is 0.706. The normalized spacial score (nSPS) is 13.4. The van der Waals surface area contributed by atoms with E-state index in [1.165, 1.54) is 17.2 Å². The van der Waals surface area contributed by atoms with Crippen LogP contribution in [0.15, 0.2) is 24.4 Å². The van der Waals surface area contributed by atoms with E-state index in [1.807, 2.05) is 0 Å². The summed E-state index contributed by atoms with van der Waals surface area (Å²) in [5.74, 6) is -1.29. The first-order valence-electron chi connectivity index (χ1n) is 5.70. The smallest absolute Gasteiger partial charge is 0.335 e. The van der Waals surface area contributed by atoms with E-state index in [4.69, 9.17) is 5.11 Å². The van der Waals surface area contributed by atoms with Crippen molar-refractivity contribution in [3.8, 4) is 0 Å². The van der Waals surface area contributed by atoms with Crippen LogP contribution in [0.25, 0.3) is 0 Å². The van der Waals surface area contributed by atoms with Gasteiger partial charge in [0.05, 0.1) is 11.8 Å². The van der Waals surface area contributed by atoms with Crippen LogP contribution < -0.4 is 4.90 Å². The number of carbonyl (C=O) groups excluding carboxylic acids is 1.